The Kier molecular flexibility index (Phi) is 3.12. The van der Waals surface area contributed by atoms with Crippen molar-refractivity contribution in [3.8, 4) is 0 Å². The van der Waals surface area contributed by atoms with Gasteiger partial charge in [0.25, 0.3) is 5.91 Å². The van der Waals surface area contributed by atoms with E-state index in [1.54, 1.807) is 11.0 Å². The van der Waals surface area contributed by atoms with Crippen molar-refractivity contribution >= 4 is 33.7 Å². The first-order chi connectivity index (χ1) is 9.47. The number of nitrogens with zero attached hydrogens (tertiary/aromatic N) is 1. The van der Waals surface area contributed by atoms with Crippen molar-refractivity contribution in [3.63, 3.8) is 0 Å². The highest BCUT2D eigenvalue weighted by Crippen LogP contribution is 2.31. The fourth-order valence-corrected chi connectivity index (χ4v) is 3.06. The Labute approximate surface area is 124 Å². The lowest BCUT2D eigenvalue weighted by Gasteiger charge is -2.29. The van der Waals surface area contributed by atoms with Crippen LogP contribution >= 0.6 is 15.9 Å². The highest BCUT2D eigenvalue weighted by atomic mass is 79.9. The van der Waals surface area contributed by atoms with E-state index in [0.29, 0.717) is 18.5 Å². The molecule has 1 unspecified atom stereocenters. The second kappa shape index (κ2) is 4.70. The van der Waals surface area contributed by atoms with Crippen LogP contribution in [0, 0.1) is 6.92 Å². The van der Waals surface area contributed by atoms with Gasteiger partial charge in [-0.05, 0) is 30.5 Å². The van der Waals surface area contributed by atoms with Gasteiger partial charge >= 0.3 is 0 Å². The number of rotatable bonds is 1. The number of carbonyl (C=O) groups is 3. The van der Waals surface area contributed by atoms with Crippen LogP contribution in [0.2, 0.25) is 0 Å². The number of imide groups is 1. The lowest BCUT2D eigenvalue weighted by molar-refractivity contribution is -0.136. The first-order valence-corrected chi connectivity index (χ1v) is 7.20. The van der Waals surface area contributed by atoms with Gasteiger partial charge in [-0.3, -0.25) is 19.7 Å². The van der Waals surface area contributed by atoms with Crippen LogP contribution in [0.1, 0.15) is 34.3 Å². The van der Waals surface area contributed by atoms with Crippen LogP contribution in [0.25, 0.3) is 0 Å². The number of nitrogens with one attached hydrogen (secondary N) is 1. The average molecular weight is 337 g/mol. The number of hydrogen-bond donors (Lipinski definition) is 1. The normalized spacial score (nSPS) is 22.0. The minimum Gasteiger partial charge on any atom is -0.322 e. The number of fused-ring (bicyclic) bond motifs is 1. The molecule has 3 amide bonds. The minimum atomic E-state index is -0.549. The molecule has 20 heavy (non-hydrogen) atoms. The zero-order chi connectivity index (χ0) is 14.4. The molecule has 0 aromatic heterocycles. The molecule has 1 atom stereocenters. The van der Waals surface area contributed by atoms with E-state index < -0.39 is 6.04 Å². The molecule has 2 heterocycles. The van der Waals surface area contributed by atoms with Gasteiger partial charge in [-0.15, -0.1) is 0 Å². The van der Waals surface area contributed by atoms with Crippen molar-refractivity contribution in [2.75, 3.05) is 0 Å². The number of benzene rings is 1. The number of halogens is 1. The van der Waals surface area contributed by atoms with E-state index in [1.807, 2.05) is 13.0 Å². The molecule has 104 valence electrons. The van der Waals surface area contributed by atoms with E-state index in [1.165, 1.54) is 0 Å². The molecular weight excluding hydrogens is 324 g/mol. The van der Waals surface area contributed by atoms with E-state index in [0.717, 1.165) is 15.6 Å². The molecule has 2 aliphatic rings. The second-order valence-corrected chi connectivity index (χ2v) is 6.01. The first-order valence-electron chi connectivity index (χ1n) is 6.41. The Bertz CT molecular complexity index is 642. The smallest absolute Gasteiger partial charge is 0.255 e. The standard InChI is InChI=1S/C14H13BrN2O3/c1-7-4-8-6-17(14(20)9(8)5-10(7)15)11-2-3-12(18)16-13(11)19/h4-5,11H,2-3,6H2,1H3,(H,16,18,19). The van der Waals surface area contributed by atoms with E-state index in [9.17, 15) is 14.4 Å². The molecule has 1 fully saturated rings. The maximum absolute atomic E-state index is 12.4. The van der Waals surface area contributed by atoms with Crippen LogP contribution in [-0.2, 0) is 16.1 Å². The molecule has 1 saturated heterocycles. The Balaban J connectivity index is 1.90. The fourth-order valence-electron chi connectivity index (χ4n) is 2.71. The number of amides is 3. The fraction of sp³-hybridized carbons (Fsp3) is 0.357. The molecule has 0 saturated carbocycles. The quantitative estimate of drug-likeness (QED) is 0.790. The average Bonchev–Trinajstić information content (AvgIpc) is 2.68. The first kappa shape index (κ1) is 13.3. The molecule has 5 nitrogen and oxygen atoms in total. The molecule has 0 radical (unpaired) electrons. The van der Waals surface area contributed by atoms with E-state index in [4.69, 9.17) is 0 Å². The summed E-state index contributed by atoms with van der Waals surface area (Å²) in [6.07, 6.45) is 0.670. The zero-order valence-corrected chi connectivity index (χ0v) is 12.5. The molecule has 0 bridgehead atoms. The van der Waals surface area contributed by atoms with Gasteiger partial charge in [0.05, 0.1) is 0 Å². The van der Waals surface area contributed by atoms with Gasteiger partial charge in [-0.25, -0.2) is 0 Å². The molecule has 0 spiro atoms. The summed E-state index contributed by atoms with van der Waals surface area (Å²) in [6.45, 7) is 2.39. The number of aryl methyl sites for hydroxylation is 1. The van der Waals surface area contributed by atoms with E-state index >= 15 is 0 Å². The third-order valence-corrected chi connectivity index (χ3v) is 4.66. The van der Waals surface area contributed by atoms with Crippen LogP contribution < -0.4 is 5.32 Å². The highest BCUT2D eigenvalue weighted by Gasteiger charge is 2.39. The van der Waals surface area contributed by atoms with E-state index in [2.05, 4.69) is 21.2 Å². The third kappa shape index (κ3) is 2.04. The number of piperidine rings is 1. The summed E-state index contributed by atoms with van der Waals surface area (Å²) in [5.74, 6) is -0.789. The summed E-state index contributed by atoms with van der Waals surface area (Å²) < 4.78 is 0.884. The topological polar surface area (TPSA) is 66.5 Å². The van der Waals surface area contributed by atoms with Crippen LogP contribution in [0.3, 0.4) is 0 Å². The Morgan fingerprint density at radius 2 is 2.05 bits per heavy atom. The molecule has 2 aliphatic heterocycles. The van der Waals surface area contributed by atoms with Gasteiger partial charge < -0.3 is 4.90 Å². The highest BCUT2D eigenvalue weighted by molar-refractivity contribution is 9.10. The van der Waals surface area contributed by atoms with Gasteiger partial charge in [0.2, 0.25) is 11.8 Å². The molecular formula is C14H13BrN2O3. The van der Waals surface area contributed by atoms with Gasteiger partial charge in [-0.1, -0.05) is 22.0 Å². The maximum atomic E-state index is 12.4. The van der Waals surface area contributed by atoms with Gasteiger partial charge in [-0.2, -0.15) is 0 Å². The van der Waals surface area contributed by atoms with Crippen molar-refractivity contribution in [1.82, 2.24) is 10.2 Å². The summed E-state index contributed by atoms with van der Waals surface area (Å²) in [6, 6.07) is 3.22. The van der Waals surface area contributed by atoms with Crippen LogP contribution in [-0.4, -0.2) is 28.7 Å². The van der Waals surface area contributed by atoms with Gasteiger partial charge in [0.1, 0.15) is 6.04 Å². The van der Waals surface area contributed by atoms with E-state index in [-0.39, 0.29) is 24.1 Å². The monoisotopic (exact) mass is 336 g/mol. The lowest BCUT2D eigenvalue weighted by Crippen LogP contribution is -2.52. The van der Waals surface area contributed by atoms with Crippen molar-refractivity contribution in [2.45, 2.75) is 32.4 Å². The van der Waals surface area contributed by atoms with Crippen LogP contribution in [0.4, 0.5) is 0 Å². The van der Waals surface area contributed by atoms with Crippen molar-refractivity contribution in [2.24, 2.45) is 0 Å². The minimum absolute atomic E-state index is 0.143. The number of hydrogen-bond acceptors (Lipinski definition) is 3. The molecule has 3 rings (SSSR count). The number of carbonyl (C=O) groups excluding carboxylic acids is 3. The molecule has 6 heteroatoms. The Hall–Kier alpha value is -1.69. The summed E-state index contributed by atoms with van der Waals surface area (Å²) >= 11 is 3.42. The third-order valence-electron chi connectivity index (χ3n) is 3.80. The predicted octanol–water partition coefficient (Wildman–Crippen LogP) is 1.52. The van der Waals surface area contributed by atoms with Crippen LogP contribution in [0.15, 0.2) is 16.6 Å². The SMILES string of the molecule is Cc1cc2c(cc1Br)C(=O)N(C1CCC(=O)NC1=O)C2. The summed E-state index contributed by atoms with van der Waals surface area (Å²) in [4.78, 5) is 37.0. The molecule has 1 aromatic rings. The molecule has 1 N–H and O–H groups in total. The molecule has 0 aliphatic carbocycles. The summed E-state index contributed by atoms with van der Waals surface area (Å²) in [5, 5.41) is 2.30. The largest absolute Gasteiger partial charge is 0.322 e. The maximum Gasteiger partial charge on any atom is 0.255 e. The van der Waals surface area contributed by atoms with Crippen LogP contribution in [0.5, 0.6) is 0 Å². The Morgan fingerprint density at radius 1 is 1.30 bits per heavy atom. The summed E-state index contributed by atoms with van der Waals surface area (Å²) in [5.41, 5.74) is 2.62. The van der Waals surface area contributed by atoms with Crippen molar-refractivity contribution < 1.29 is 14.4 Å². The Morgan fingerprint density at radius 3 is 2.75 bits per heavy atom. The second-order valence-electron chi connectivity index (χ2n) is 5.16. The van der Waals surface area contributed by atoms with Crippen molar-refractivity contribution in [1.29, 1.82) is 0 Å². The van der Waals surface area contributed by atoms with Gasteiger partial charge in [0, 0.05) is 23.0 Å². The van der Waals surface area contributed by atoms with Gasteiger partial charge in [0.15, 0.2) is 0 Å². The zero-order valence-electron chi connectivity index (χ0n) is 10.9. The summed E-state index contributed by atoms with van der Waals surface area (Å²) in [7, 11) is 0. The lowest BCUT2D eigenvalue weighted by atomic mass is 10.0. The van der Waals surface area contributed by atoms with Crippen molar-refractivity contribution in [3.05, 3.63) is 33.3 Å². The molecule has 1 aromatic carbocycles. The predicted molar refractivity (Wildman–Crippen MR) is 74.9 cm³/mol.